The van der Waals surface area contributed by atoms with Crippen molar-refractivity contribution in [3.05, 3.63) is 78.4 Å². The molecule has 0 bridgehead atoms. The van der Waals surface area contributed by atoms with Crippen LogP contribution in [0.25, 0.3) is 0 Å². The minimum atomic E-state index is -0.837. The molecule has 0 saturated carbocycles. The van der Waals surface area contributed by atoms with Crippen molar-refractivity contribution in [1.29, 1.82) is 0 Å². The summed E-state index contributed by atoms with van der Waals surface area (Å²) in [6, 6.07) is 16.8. The number of hydrogen-bond donors (Lipinski definition) is 2. The van der Waals surface area contributed by atoms with Gasteiger partial charge in [-0.3, -0.25) is 0 Å². The zero-order chi connectivity index (χ0) is 17.4. The van der Waals surface area contributed by atoms with E-state index in [9.17, 15) is 10.2 Å². The smallest absolute Gasteiger partial charge is 0.118 e. The van der Waals surface area contributed by atoms with E-state index in [2.05, 4.69) is 6.58 Å². The Morgan fingerprint density at radius 1 is 1.04 bits per heavy atom. The Balaban J connectivity index is 1.87. The van der Waals surface area contributed by atoms with Crippen LogP contribution in [0, 0.1) is 5.92 Å². The highest BCUT2D eigenvalue weighted by molar-refractivity contribution is 5.26. The highest BCUT2D eigenvalue weighted by atomic mass is 16.5. The summed E-state index contributed by atoms with van der Waals surface area (Å²) in [5.74, 6) is 0.291. The van der Waals surface area contributed by atoms with Gasteiger partial charge < -0.3 is 19.7 Å². The summed E-state index contributed by atoms with van der Waals surface area (Å²) in [6.45, 7) is 4.22. The minimum Gasteiger partial charge on any atom is -0.497 e. The van der Waals surface area contributed by atoms with Crippen molar-refractivity contribution in [2.24, 2.45) is 5.92 Å². The molecule has 2 N–H and O–H groups in total. The van der Waals surface area contributed by atoms with Gasteiger partial charge >= 0.3 is 0 Å². The predicted molar refractivity (Wildman–Crippen MR) is 93.7 cm³/mol. The molecule has 3 atom stereocenters. The lowest BCUT2D eigenvalue weighted by Gasteiger charge is -2.25. The van der Waals surface area contributed by atoms with Crippen LogP contribution in [-0.4, -0.2) is 30.0 Å². The second-order valence-corrected chi connectivity index (χ2v) is 5.60. The average Bonchev–Trinajstić information content (AvgIpc) is 2.63. The molecule has 2 rings (SSSR count). The van der Waals surface area contributed by atoms with Crippen molar-refractivity contribution in [3.63, 3.8) is 0 Å². The van der Waals surface area contributed by atoms with Crippen LogP contribution in [0.3, 0.4) is 0 Å². The van der Waals surface area contributed by atoms with Crippen molar-refractivity contribution in [2.45, 2.75) is 18.8 Å². The fraction of sp³-hybridized carbons (Fsp3) is 0.300. The molecule has 0 heterocycles. The number of hydrogen-bond acceptors (Lipinski definition) is 4. The Bertz CT molecular complexity index is 609. The second-order valence-electron chi connectivity index (χ2n) is 5.60. The Labute approximate surface area is 143 Å². The molecule has 2 aromatic rings. The number of aliphatic hydroxyl groups excluding tert-OH is 2. The van der Waals surface area contributed by atoms with Gasteiger partial charge in [0.15, 0.2) is 0 Å². The second kappa shape index (κ2) is 9.23. The van der Waals surface area contributed by atoms with E-state index in [1.165, 1.54) is 0 Å². The number of methoxy groups -OCH3 is 1. The quantitative estimate of drug-likeness (QED) is 0.695. The van der Waals surface area contributed by atoms with Crippen molar-refractivity contribution in [3.8, 4) is 5.75 Å². The third-order valence-corrected chi connectivity index (χ3v) is 3.94. The Morgan fingerprint density at radius 2 is 1.71 bits per heavy atom. The number of aliphatic hydroxyl groups is 2. The molecule has 0 aromatic heterocycles. The monoisotopic (exact) mass is 328 g/mol. The standard InChI is InChI=1S/C20H24O4/c1-3-18(20(22)16-7-5-4-6-8-16)19(21)14-24-13-15-9-11-17(23-2)12-10-15/h3-12,18-22H,1,13-14H2,2H3/t18-,19+,20-/m1/s1. The van der Waals surface area contributed by atoms with Crippen molar-refractivity contribution in [1.82, 2.24) is 0 Å². The molecule has 0 spiro atoms. The number of rotatable bonds is 9. The summed E-state index contributed by atoms with van der Waals surface area (Å²) in [5.41, 5.74) is 1.73. The summed E-state index contributed by atoms with van der Waals surface area (Å²) in [5, 5.41) is 20.7. The van der Waals surface area contributed by atoms with E-state index < -0.39 is 18.1 Å². The van der Waals surface area contributed by atoms with Crippen LogP contribution in [0.15, 0.2) is 67.3 Å². The van der Waals surface area contributed by atoms with Gasteiger partial charge in [-0.05, 0) is 23.3 Å². The van der Waals surface area contributed by atoms with E-state index in [0.717, 1.165) is 16.9 Å². The lowest BCUT2D eigenvalue weighted by Crippen LogP contribution is -2.29. The van der Waals surface area contributed by atoms with Crippen molar-refractivity contribution in [2.75, 3.05) is 13.7 Å². The SMILES string of the molecule is C=C[C@@H]([C@H](O)c1ccccc1)[C@@H](O)COCc1ccc(OC)cc1. The maximum atomic E-state index is 10.4. The van der Waals surface area contributed by atoms with Gasteiger partial charge in [0, 0.05) is 5.92 Å². The van der Waals surface area contributed by atoms with Crippen molar-refractivity contribution >= 4 is 0 Å². The molecule has 4 heteroatoms. The molecule has 0 unspecified atom stereocenters. The molecule has 0 aliphatic rings. The summed E-state index contributed by atoms with van der Waals surface area (Å²) in [7, 11) is 1.62. The van der Waals surface area contributed by atoms with Gasteiger partial charge in [-0.15, -0.1) is 6.58 Å². The van der Waals surface area contributed by atoms with Crippen LogP contribution in [0.2, 0.25) is 0 Å². The molecule has 0 amide bonds. The molecular formula is C20H24O4. The third kappa shape index (κ3) is 4.93. The van der Waals surface area contributed by atoms with Crippen LogP contribution in [0.1, 0.15) is 17.2 Å². The predicted octanol–water partition coefficient (Wildman–Crippen LogP) is 3.11. The van der Waals surface area contributed by atoms with E-state index in [1.54, 1.807) is 13.2 Å². The van der Waals surface area contributed by atoms with Gasteiger partial charge in [-0.2, -0.15) is 0 Å². The van der Waals surface area contributed by atoms with Crippen LogP contribution in [0.5, 0.6) is 5.75 Å². The minimum absolute atomic E-state index is 0.118. The molecular weight excluding hydrogens is 304 g/mol. The zero-order valence-corrected chi connectivity index (χ0v) is 13.8. The summed E-state index contributed by atoms with van der Waals surface area (Å²) in [6.07, 6.45) is -0.0850. The van der Waals surface area contributed by atoms with E-state index in [-0.39, 0.29) is 6.61 Å². The van der Waals surface area contributed by atoms with Crippen LogP contribution < -0.4 is 4.74 Å². The molecule has 128 valence electrons. The van der Waals surface area contributed by atoms with E-state index in [1.807, 2.05) is 54.6 Å². The lowest BCUT2D eigenvalue weighted by molar-refractivity contribution is -0.0265. The first-order chi connectivity index (χ1) is 11.7. The number of ether oxygens (including phenoxy) is 2. The van der Waals surface area contributed by atoms with Gasteiger partial charge in [-0.1, -0.05) is 48.5 Å². The Morgan fingerprint density at radius 3 is 2.29 bits per heavy atom. The molecule has 0 fully saturated rings. The lowest BCUT2D eigenvalue weighted by atomic mass is 9.91. The normalized spacial score (nSPS) is 14.6. The fourth-order valence-corrected chi connectivity index (χ4v) is 2.50. The van der Waals surface area contributed by atoms with Crippen molar-refractivity contribution < 1.29 is 19.7 Å². The molecule has 4 nitrogen and oxygen atoms in total. The summed E-state index contributed by atoms with van der Waals surface area (Å²) < 4.78 is 10.7. The zero-order valence-electron chi connectivity index (χ0n) is 13.8. The molecule has 0 aliphatic heterocycles. The van der Waals surface area contributed by atoms with Gasteiger partial charge in [0.2, 0.25) is 0 Å². The van der Waals surface area contributed by atoms with E-state index in [0.29, 0.717) is 6.61 Å². The highest BCUT2D eigenvalue weighted by Crippen LogP contribution is 2.26. The topological polar surface area (TPSA) is 58.9 Å². The van der Waals surface area contributed by atoms with Crippen LogP contribution in [-0.2, 0) is 11.3 Å². The average molecular weight is 328 g/mol. The van der Waals surface area contributed by atoms with E-state index in [4.69, 9.17) is 9.47 Å². The summed E-state index contributed by atoms with van der Waals surface area (Å²) >= 11 is 0. The van der Waals surface area contributed by atoms with Crippen LogP contribution in [0.4, 0.5) is 0 Å². The molecule has 0 aliphatic carbocycles. The fourth-order valence-electron chi connectivity index (χ4n) is 2.50. The van der Waals surface area contributed by atoms with Gasteiger partial charge in [-0.25, -0.2) is 0 Å². The van der Waals surface area contributed by atoms with Crippen LogP contribution >= 0.6 is 0 Å². The molecule has 24 heavy (non-hydrogen) atoms. The molecule has 0 saturated heterocycles. The maximum Gasteiger partial charge on any atom is 0.118 e. The van der Waals surface area contributed by atoms with Gasteiger partial charge in [0.25, 0.3) is 0 Å². The largest absolute Gasteiger partial charge is 0.497 e. The third-order valence-electron chi connectivity index (χ3n) is 3.94. The maximum absolute atomic E-state index is 10.4. The van der Waals surface area contributed by atoms with Gasteiger partial charge in [0.1, 0.15) is 5.75 Å². The Kier molecular flexibility index (Phi) is 7.00. The van der Waals surface area contributed by atoms with Gasteiger partial charge in [0.05, 0.1) is 32.5 Å². The highest BCUT2D eigenvalue weighted by Gasteiger charge is 2.25. The first-order valence-corrected chi connectivity index (χ1v) is 7.90. The Hall–Kier alpha value is -2.14. The first kappa shape index (κ1) is 18.2. The summed E-state index contributed by atoms with van der Waals surface area (Å²) in [4.78, 5) is 0. The van der Waals surface area contributed by atoms with E-state index >= 15 is 0 Å². The molecule has 0 radical (unpaired) electrons. The molecule has 2 aromatic carbocycles. The first-order valence-electron chi connectivity index (χ1n) is 7.90. The number of benzene rings is 2.